The molecule has 1 aromatic rings. The van der Waals surface area contributed by atoms with Gasteiger partial charge in [-0.3, -0.25) is 5.10 Å². The highest BCUT2D eigenvalue weighted by atomic mass is 15.4. The first-order chi connectivity index (χ1) is 8.19. The minimum atomic E-state index is 0.264. The van der Waals surface area contributed by atoms with Crippen LogP contribution in [0.3, 0.4) is 0 Å². The summed E-state index contributed by atoms with van der Waals surface area (Å²) in [5.41, 5.74) is 5.96. The van der Waals surface area contributed by atoms with Crippen molar-refractivity contribution in [1.29, 1.82) is 0 Å². The fourth-order valence-electron chi connectivity index (χ4n) is 2.18. The van der Waals surface area contributed by atoms with Crippen LogP contribution in [0.15, 0.2) is 0 Å². The fourth-order valence-corrected chi connectivity index (χ4v) is 2.18. The lowest BCUT2D eigenvalue weighted by molar-refractivity contribution is 0.500. The molecule has 0 bridgehead atoms. The highest BCUT2D eigenvalue weighted by Crippen LogP contribution is 2.16. The number of nitrogens with zero attached hydrogens (tertiary/aromatic N) is 3. The van der Waals surface area contributed by atoms with E-state index in [1.54, 1.807) is 0 Å². The first-order valence-corrected chi connectivity index (χ1v) is 6.60. The summed E-state index contributed by atoms with van der Waals surface area (Å²) in [5.74, 6) is 2.46. The number of rotatable bonds is 4. The Hall–Kier alpha value is -1.10. The van der Waals surface area contributed by atoms with E-state index in [0.717, 1.165) is 44.1 Å². The molecule has 0 aliphatic carbocycles. The number of nitrogens with two attached hydrogens (primary N) is 1. The number of H-pyrrole nitrogens is 1. The predicted octanol–water partition coefficient (Wildman–Crippen LogP) is 1.32. The number of aromatic amines is 1. The maximum Gasteiger partial charge on any atom is 0.244 e. The van der Waals surface area contributed by atoms with Crippen molar-refractivity contribution in [3.8, 4) is 0 Å². The second-order valence-corrected chi connectivity index (χ2v) is 5.15. The van der Waals surface area contributed by atoms with Crippen LogP contribution >= 0.6 is 0 Å². The Balaban J connectivity index is 1.97. The Morgan fingerprint density at radius 1 is 1.59 bits per heavy atom. The van der Waals surface area contributed by atoms with E-state index < -0.39 is 0 Å². The van der Waals surface area contributed by atoms with Gasteiger partial charge in [-0.15, -0.1) is 5.10 Å². The summed E-state index contributed by atoms with van der Waals surface area (Å²) in [5, 5.41) is 7.34. The Bertz CT molecular complexity index is 348. The van der Waals surface area contributed by atoms with E-state index >= 15 is 0 Å². The minimum absolute atomic E-state index is 0.264. The predicted molar refractivity (Wildman–Crippen MR) is 69.0 cm³/mol. The fraction of sp³-hybridized carbons (Fsp3) is 0.833. The molecule has 5 nitrogen and oxygen atoms in total. The van der Waals surface area contributed by atoms with Gasteiger partial charge in [-0.25, -0.2) is 0 Å². The summed E-state index contributed by atoms with van der Waals surface area (Å²) in [7, 11) is 0. The van der Waals surface area contributed by atoms with Crippen molar-refractivity contribution in [1.82, 2.24) is 15.2 Å². The molecule has 1 aliphatic rings. The summed E-state index contributed by atoms with van der Waals surface area (Å²) in [6, 6.07) is 0.264. The van der Waals surface area contributed by atoms with Crippen LogP contribution in [-0.2, 0) is 6.42 Å². The minimum Gasteiger partial charge on any atom is -0.338 e. The first-order valence-electron chi connectivity index (χ1n) is 6.60. The summed E-state index contributed by atoms with van der Waals surface area (Å²) >= 11 is 0. The van der Waals surface area contributed by atoms with Crippen LogP contribution in [0.2, 0.25) is 0 Å². The summed E-state index contributed by atoms with van der Waals surface area (Å²) in [6.07, 6.45) is 4.39. The van der Waals surface area contributed by atoms with Gasteiger partial charge in [0.05, 0.1) is 0 Å². The highest BCUT2D eigenvalue weighted by Gasteiger charge is 2.20. The average Bonchev–Trinajstić information content (AvgIpc) is 2.77. The van der Waals surface area contributed by atoms with Crippen molar-refractivity contribution in [2.45, 2.75) is 45.6 Å². The van der Waals surface area contributed by atoms with Crippen molar-refractivity contribution in [3.05, 3.63) is 5.82 Å². The van der Waals surface area contributed by atoms with Crippen molar-refractivity contribution < 1.29 is 0 Å². The molecule has 1 aromatic heterocycles. The van der Waals surface area contributed by atoms with Gasteiger partial charge in [0.15, 0.2) is 0 Å². The molecule has 2 heterocycles. The molecule has 2 rings (SSSR count). The van der Waals surface area contributed by atoms with Crippen molar-refractivity contribution in [3.63, 3.8) is 0 Å². The van der Waals surface area contributed by atoms with Crippen LogP contribution in [0.1, 0.15) is 38.9 Å². The second kappa shape index (κ2) is 5.49. The van der Waals surface area contributed by atoms with Crippen LogP contribution in [0, 0.1) is 5.92 Å². The van der Waals surface area contributed by atoms with Crippen molar-refractivity contribution in [2.75, 3.05) is 18.0 Å². The molecule has 1 fully saturated rings. The van der Waals surface area contributed by atoms with Gasteiger partial charge in [-0.2, -0.15) is 4.98 Å². The zero-order valence-electron chi connectivity index (χ0n) is 10.8. The Kier molecular flexibility index (Phi) is 3.99. The Morgan fingerprint density at radius 3 is 3.12 bits per heavy atom. The van der Waals surface area contributed by atoms with Gasteiger partial charge in [0.2, 0.25) is 5.95 Å². The Labute approximate surface area is 103 Å². The summed E-state index contributed by atoms with van der Waals surface area (Å²) in [4.78, 5) is 6.75. The number of hydrogen-bond acceptors (Lipinski definition) is 4. The molecule has 0 radical (unpaired) electrons. The third-order valence-corrected chi connectivity index (χ3v) is 3.50. The normalized spacial score (nSPS) is 22.8. The average molecular weight is 237 g/mol. The molecule has 1 saturated heterocycles. The van der Waals surface area contributed by atoms with Gasteiger partial charge in [-0.1, -0.05) is 20.3 Å². The lowest BCUT2D eigenvalue weighted by Gasteiger charge is -2.29. The standard InChI is InChI=1S/C12H23N5/c1-3-9(2)7-11-14-12(16-15-11)17-6-4-5-10(13)8-17/h9-10H,3-8,13H2,1-2H3,(H,14,15,16). The molecule has 0 aromatic carbocycles. The molecule has 0 amide bonds. The molecular formula is C12H23N5. The molecule has 2 atom stereocenters. The Morgan fingerprint density at radius 2 is 2.41 bits per heavy atom. The molecule has 17 heavy (non-hydrogen) atoms. The molecular weight excluding hydrogens is 214 g/mol. The van der Waals surface area contributed by atoms with Gasteiger partial charge in [0.1, 0.15) is 5.82 Å². The zero-order chi connectivity index (χ0) is 12.3. The lowest BCUT2D eigenvalue weighted by Crippen LogP contribution is -2.43. The van der Waals surface area contributed by atoms with E-state index in [1.165, 1.54) is 6.42 Å². The van der Waals surface area contributed by atoms with E-state index in [0.29, 0.717) is 5.92 Å². The van der Waals surface area contributed by atoms with Gasteiger partial charge in [0, 0.05) is 25.6 Å². The number of anilines is 1. The second-order valence-electron chi connectivity index (χ2n) is 5.15. The van der Waals surface area contributed by atoms with Gasteiger partial charge in [-0.05, 0) is 18.8 Å². The summed E-state index contributed by atoms with van der Waals surface area (Å²) < 4.78 is 0. The molecule has 96 valence electrons. The van der Waals surface area contributed by atoms with E-state index in [1.807, 2.05) is 0 Å². The van der Waals surface area contributed by atoms with Crippen molar-refractivity contribution in [2.24, 2.45) is 11.7 Å². The van der Waals surface area contributed by atoms with Crippen LogP contribution in [0.25, 0.3) is 0 Å². The molecule has 0 saturated carbocycles. The van der Waals surface area contributed by atoms with Crippen molar-refractivity contribution >= 4 is 5.95 Å². The highest BCUT2D eigenvalue weighted by molar-refractivity contribution is 5.29. The topological polar surface area (TPSA) is 70.8 Å². The third kappa shape index (κ3) is 3.19. The van der Waals surface area contributed by atoms with Crippen LogP contribution in [0.4, 0.5) is 5.95 Å². The number of piperidine rings is 1. The maximum absolute atomic E-state index is 5.96. The quantitative estimate of drug-likeness (QED) is 0.828. The van der Waals surface area contributed by atoms with E-state index in [4.69, 9.17) is 5.73 Å². The largest absolute Gasteiger partial charge is 0.338 e. The van der Waals surface area contributed by atoms with Gasteiger partial charge in [0.25, 0.3) is 0 Å². The number of aromatic nitrogens is 3. The van der Waals surface area contributed by atoms with Gasteiger partial charge < -0.3 is 10.6 Å². The molecule has 2 unspecified atom stereocenters. The van der Waals surface area contributed by atoms with Gasteiger partial charge >= 0.3 is 0 Å². The lowest BCUT2D eigenvalue weighted by atomic mass is 10.1. The molecule has 5 heteroatoms. The molecule has 1 aliphatic heterocycles. The van der Waals surface area contributed by atoms with Crippen LogP contribution < -0.4 is 10.6 Å². The third-order valence-electron chi connectivity index (χ3n) is 3.50. The van der Waals surface area contributed by atoms with Crippen LogP contribution in [0.5, 0.6) is 0 Å². The summed E-state index contributed by atoms with van der Waals surface area (Å²) in [6.45, 7) is 6.33. The number of hydrogen-bond donors (Lipinski definition) is 2. The maximum atomic E-state index is 5.96. The van der Waals surface area contributed by atoms with E-state index in [9.17, 15) is 0 Å². The molecule has 0 spiro atoms. The monoisotopic (exact) mass is 237 g/mol. The SMILES string of the molecule is CCC(C)Cc1nc(N2CCCC(N)C2)n[nH]1. The van der Waals surface area contributed by atoms with E-state index in [-0.39, 0.29) is 6.04 Å². The number of nitrogens with one attached hydrogen (secondary N) is 1. The van der Waals surface area contributed by atoms with Crippen LogP contribution in [-0.4, -0.2) is 34.3 Å². The smallest absolute Gasteiger partial charge is 0.244 e. The first kappa shape index (κ1) is 12.4. The zero-order valence-corrected chi connectivity index (χ0v) is 10.8. The van der Waals surface area contributed by atoms with E-state index in [2.05, 4.69) is 33.9 Å². The molecule has 3 N–H and O–H groups in total.